The van der Waals surface area contributed by atoms with Gasteiger partial charge in [-0.1, -0.05) is 24.3 Å². The molecule has 1 aliphatic rings. The van der Waals surface area contributed by atoms with Crippen molar-refractivity contribution in [2.75, 3.05) is 18.0 Å². The van der Waals surface area contributed by atoms with Crippen molar-refractivity contribution >= 4 is 17.6 Å². The summed E-state index contributed by atoms with van der Waals surface area (Å²) in [5.74, 6) is 0. The molecule has 21 heavy (non-hydrogen) atoms. The zero-order valence-electron chi connectivity index (χ0n) is 11.1. The topological polar surface area (TPSA) is 15.6 Å². The molecule has 0 atom stereocenters. The van der Waals surface area contributed by atoms with E-state index in [0.29, 0.717) is 18.8 Å². The van der Waals surface area contributed by atoms with Gasteiger partial charge >= 0.3 is 6.18 Å². The number of aliphatic imine (C=N–C) groups is 1. The molecule has 5 heteroatoms. The summed E-state index contributed by atoms with van der Waals surface area (Å²) >= 11 is 0. The Morgan fingerprint density at radius 1 is 1.00 bits per heavy atom. The number of nitrogens with zero attached hydrogens (tertiary/aromatic N) is 2. The minimum atomic E-state index is -4.34. The highest BCUT2D eigenvalue weighted by molar-refractivity contribution is 5.90. The number of para-hydroxylation sites is 1. The lowest BCUT2D eigenvalue weighted by Crippen LogP contribution is -2.20. The van der Waals surface area contributed by atoms with Crippen molar-refractivity contribution in [3.63, 3.8) is 0 Å². The fourth-order valence-corrected chi connectivity index (χ4v) is 2.40. The number of anilines is 2. The lowest BCUT2D eigenvalue weighted by atomic mass is 10.1. The SMILES string of the molecule is FC(F)(F)c1cccc(N2CCN=Cc3ccccc32)c1. The number of halogens is 3. The van der Waals surface area contributed by atoms with Crippen LogP contribution in [0.2, 0.25) is 0 Å². The maximum Gasteiger partial charge on any atom is 0.416 e. The van der Waals surface area contributed by atoms with Crippen molar-refractivity contribution in [2.45, 2.75) is 6.18 Å². The fourth-order valence-electron chi connectivity index (χ4n) is 2.40. The van der Waals surface area contributed by atoms with E-state index >= 15 is 0 Å². The van der Waals surface area contributed by atoms with Crippen LogP contribution in [0.1, 0.15) is 11.1 Å². The molecule has 0 bridgehead atoms. The van der Waals surface area contributed by atoms with Gasteiger partial charge in [0.15, 0.2) is 0 Å². The molecule has 0 amide bonds. The van der Waals surface area contributed by atoms with Gasteiger partial charge in [-0.25, -0.2) is 0 Å². The zero-order valence-corrected chi connectivity index (χ0v) is 11.1. The molecule has 0 N–H and O–H groups in total. The van der Waals surface area contributed by atoms with Crippen LogP contribution in [0.4, 0.5) is 24.5 Å². The molecule has 108 valence electrons. The molecule has 3 rings (SSSR count). The molecular weight excluding hydrogens is 277 g/mol. The van der Waals surface area contributed by atoms with E-state index in [0.717, 1.165) is 17.3 Å². The predicted molar refractivity (Wildman–Crippen MR) is 77.4 cm³/mol. The second-order valence-electron chi connectivity index (χ2n) is 4.79. The van der Waals surface area contributed by atoms with Crippen LogP contribution in [0.3, 0.4) is 0 Å². The van der Waals surface area contributed by atoms with E-state index in [2.05, 4.69) is 4.99 Å². The first-order valence-corrected chi connectivity index (χ1v) is 6.59. The Labute approximate surface area is 120 Å². The summed E-state index contributed by atoms with van der Waals surface area (Å²) in [5, 5.41) is 0. The average molecular weight is 290 g/mol. The van der Waals surface area contributed by atoms with E-state index in [4.69, 9.17) is 0 Å². The Morgan fingerprint density at radius 2 is 1.81 bits per heavy atom. The van der Waals surface area contributed by atoms with Crippen LogP contribution in [0.25, 0.3) is 0 Å². The summed E-state index contributed by atoms with van der Waals surface area (Å²) in [4.78, 5) is 6.14. The van der Waals surface area contributed by atoms with Gasteiger partial charge in [0.05, 0.1) is 12.1 Å². The molecule has 1 aliphatic heterocycles. The van der Waals surface area contributed by atoms with Crippen LogP contribution < -0.4 is 4.90 Å². The van der Waals surface area contributed by atoms with Gasteiger partial charge < -0.3 is 4.90 Å². The summed E-state index contributed by atoms with van der Waals surface area (Å²) in [6.45, 7) is 1.10. The Kier molecular flexibility index (Phi) is 3.41. The largest absolute Gasteiger partial charge is 0.416 e. The molecule has 0 unspecified atom stereocenters. The van der Waals surface area contributed by atoms with Crippen molar-refractivity contribution in [3.8, 4) is 0 Å². The van der Waals surface area contributed by atoms with Gasteiger partial charge in [-0.2, -0.15) is 13.2 Å². The summed E-state index contributed by atoms with van der Waals surface area (Å²) in [5.41, 5.74) is 1.68. The van der Waals surface area contributed by atoms with Crippen molar-refractivity contribution in [3.05, 3.63) is 59.7 Å². The van der Waals surface area contributed by atoms with Crippen LogP contribution in [0.15, 0.2) is 53.5 Å². The van der Waals surface area contributed by atoms with E-state index in [1.54, 1.807) is 12.3 Å². The van der Waals surface area contributed by atoms with Crippen molar-refractivity contribution in [2.24, 2.45) is 4.99 Å². The Balaban J connectivity index is 2.06. The number of alkyl halides is 3. The fraction of sp³-hybridized carbons (Fsp3) is 0.188. The van der Waals surface area contributed by atoms with E-state index in [9.17, 15) is 13.2 Å². The third-order valence-corrected chi connectivity index (χ3v) is 3.40. The lowest BCUT2D eigenvalue weighted by molar-refractivity contribution is -0.137. The molecule has 0 fully saturated rings. The van der Waals surface area contributed by atoms with Crippen molar-refractivity contribution in [1.82, 2.24) is 0 Å². The third kappa shape index (κ3) is 2.77. The van der Waals surface area contributed by atoms with Crippen molar-refractivity contribution in [1.29, 1.82) is 0 Å². The minimum absolute atomic E-state index is 0.530. The van der Waals surface area contributed by atoms with Gasteiger partial charge in [0.25, 0.3) is 0 Å². The maximum atomic E-state index is 12.9. The number of rotatable bonds is 1. The highest BCUT2D eigenvalue weighted by atomic mass is 19.4. The maximum absolute atomic E-state index is 12.9. The molecule has 2 aromatic rings. The molecule has 0 spiro atoms. The highest BCUT2D eigenvalue weighted by Gasteiger charge is 2.31. The second-order valence-corrected chi connectivity index (χ2v) is 4.79. The van der Waals surface area contributed by atoms with E-state index < -0.39 is 11.7 Å². The quantitative estimate of drug-likeness (QED) is 0.765. The molecule has 0 aromatic heterocycles. The van der Waals surface area contributed by atoms with Gasteiger partial charge in [0.2, 0.25) is 0 Å². The number of fused-ring (bicyclic) bond motifs is 1. The molecule has 1 heterocycles. The molecular formula is C16H13F3N2. The van der Waals surface area contributed by atoms with E-state index in [-0.39, 0.29) is 0 Å². The Morgan fingerprint density at radius 3 is 2.62 bits per heavy atom. The van der Waals surface area contributed by atoms with Crippen LogP contribution in [0.5, 0.6) is 0 Å². The van der Waals surface area contributed by atoms with Gasteiger partial charge in [0, 0.05) is 29.7 Å². The standard InChI is InChI=1S/C16H13F3N2/c17-16(18,19)13-5-3-6-14(10-13)21-9-8-20-11-12-4-1-2-7-15(12)21/h1-7,10-11H,8-9H2. The molecule has 0 radical (unpaired) electrons. The van der Waals surface area contributed by atoms with Gasteiger partial charge in [-0.05, 0) is 24.3 Å². The predicted octanol–water partition coefficient (Wildman–Crippen LogP) is 4.28. The van der Waals surface area contributed by atoms with Crippen LogP contribution in [-0.2, 0) is 6.18 Å². The smallest absolute Gasteiger partial charge is 0.339 e. The lowest BCUT2D eigenvalue weighted by Gasteiger charge is -2.25. The number of benzene rings is 2. The molecule has 2 aromatic carbocycles. The first-order chi connectivity index (χ1) is 10.1. The van der Waals surface area contributed by atoms with Crippen LogP contribution in [-0.4, -0.2) is 19.3 Å². The van der Waals surface area contributed by atoms with Crippen LogP contribution >= 0.6 is 0 Å². The van der Waals surface area contributed by atoms with E-state index in [1.165, 1.54) is 12.1 Å². The summed E-state index contributed by atoms with van der Waals surface area (Å²) in [6.07, 6.45) is -2.57. The van der Waals surface area contributed by atoms with Gasteiger partial charge in [0.1, 0.15) is 0 Å². The first-order valence-electron chi connectivity index (χ1n) is 6.59. The minimum Gasteiger partial charge on any atom is -0.339 e. The number of hydrogen-bond acceptors (Lipinski definition) is 2. The van der Waals surface area contributed by atoms with Gasteiger partial charge in [-0.15, -0.1) is 0 Å². The Hall–Kier alpha value is -2.30. The van der Waals surface area contributed by atoms with Crippen molar-refractivity contribution < 1.29 is 13.2 Å². The third-order valence-electron chi connectivity index (χ3n) is 3.40. The summed E-state index contributed by atoms with van der Waals surface area (Å²) < 4.78 is 38.6. The highest BCUT2D eigenvalue weighted by Crippen LogP contribution is 2.34. The first kappa shape index (κ1) is 13.7. The number of benzodiazepines with no additional fused rings is 1. The average Bonchev–Trinajstić information content (AvgIpc) is 2.69. The molecule has 0 saturated carbocycles. The van der Waals surface area contributed by atoms with Crippen LogP contribution in [0, 0.1) is 0 Å². The normalized spacial score (nSPS) is 14.7. The monoisotopic (exact) mass is 290 g/mol. The summed E-state index contributed by atoms with van der Waals surface area (Å²) in [6, 6.07) is 13.0. The zero-order chi connectivity index (χ0) is 14.9. The van der Waals surface area contributed by atoms with Gasteiger partial charge in [-0.3, -0.25) is 4.99 Å². The molecule has 0 saturated heterocycles. The second kappa shape index (κ2) is 5.24. The number of hydrogen-bond donors (Lipinski definition) is 0. The van der Waals surface area contributed by atoms with E-state index in [1.807, 2.05) is 29.2 Å². The Bertz CT molecular complexity index is 677. The molecule has 2 nitrogen and oxygen atoms in total. The molecule has 0 aliphatic carbocycles. The summed E-state index contributed by atoms with van der Waals surface area (Å²) in [7, 11) is 0.